The normalized spacial score (nSPS) is 10.7. The van der Waals surface area contributed by atoms with Gasteiger partial charge in [0.1, 0.15) is 10.1 Å². The average Bonchev–Trinajstić information content (AvgIpc) is 2.16. The minimum atomic E-state index is -4.68. The molecule has 0 amide bonds. The Kier molecular flexibility index (Phi) is 6.24. The minimum absolute atomic E-state index is 0. The molecule has 0 saturated heterocycles. The number of nitrogens with two attached hydrogens (primary N) is 1. The summed E-state index contributed by atoms with van der Waals surface area (Å²) in [5, 5.41) is 10.6. The van der Waals surface area contributed by atoms with Crippen molar-refractivity contribution in [2.24, 2.45) is 5.73 Å². The van der Waals surface area contributed by atoms with Gasteiger partial charge in [-0.15, -0.1) is 0 Å². The standard InChI is InChI=1S/C8H10N2O5S.Na/c9-4-3-6-1-2-7(16(13,14)15)5-8(6)10(11)12;/h1-2,5H,3-4,9H2,(H,13,14,15);/q;+1/p-1. The van der Waals surface area contributed by atoms with Gasteiger partial charge in [-0.3, -0.25) is 10.1 Å². The topological polar surface area (TPSA) is 126 Å². The molecule has 0 aliphatic heterocycles. The first-order valence-electron chi connectivity index (χ1n) is 4.29. The van der Waals surface area contributed by atoms with Crippen molar-refractivity contribution in [3.63, 3.8) is 0 Å². The van der Waals surface area contributed by atoms with Gasteiger partial charge in [-0.2, -0.15) is 0 Å². The van der Waals surface area contributed by atoms with Crippen molar-refractivity contribution in [1.82, 2.24) is 0 Å². The summed E-state index contributed by atoms with van der Waals surface area (Å²) >= 11 is 0. The summed E-state index contributed by atoms with van der Waals surface area (Å²) in [7, 11) is -4.68. The molecule has 7 nitrogen and oxygen atoms in total. The number of rotatable bonds is 4. The minimum Gasteiger partial charge on any atom is -0.744 e. The van der Waals surface area contributed by atoms with Gasteiger partial charge in [-0.25, -0.2) is 8.42 Å². The Labute approximate surface area is 120 Å². The van der Waals surface area contributed by atoms with E-state index < -0.39 is 25.6 Å². The fraction of sp³-hybridized carbons (Fsp3) is 0.250. The Bertz CT molecular complexity index is 517. The first-order chi connectivity index (χ1) is 7.36. The van der Waals surface area contributed by atoms with Crippen LogP contribution < -0.4 is 35.3 Å². The van der Waals surface area contributed by atoms with Crippen molar-refractivity contribution in [2.45, 2.75) is 11.3 Å². The van der Waals surface area contributed by atoms with Crippen LogP contribution in [0.25, 0.3) is 0 Å². The smallest absolute Gasteiger partial charge is 0.744 e. The molecule has 0 spiro atoms. The van der Waals surface area contributed by atoms with Gasteiger partial charge in [0.15, 0.2) is 0 Å². The van der Waals surface area contributed by atoms with Crippen LogP contribution in [0.15, 0.2) is 23.1 Å². The molecule has 2 N–H and O–H groups in total. The molecule has 9 heteroatoms. The molecular weight excluding hydrogens is 259 g/mol. The fourth-order valence-corrected chi connectivity index (χ4v) is 1.73. The maximum atomic E-state index is 10.7. The number of hydrogen-bond donors (Lipinski definition) is 1. The van der Waals surface area contributed by atoms with E-state index in [1.54, 1.807) is 0 Å². The summed E-state index contributed by atoms with van der Waals surface area (Å²) in [6.07, 6.45) is 0.246. The zero-order valence-corrected chi connectivity index (χ0v) is 11.9. The molecule has 88 valence electrons. The summed E-state index contributed by atoms with van der Waals surface area (Å²) in [6.45, 7) is 0.199. The van der Waals surface area contributed by atoms with E-state index in [1.165, 1.54) is 6.07 Å². The van der Waals surface area contributed by atoms with E-state index in [9.17, 15) is 23.1 Å². The van der Waals surface area contributed by atoms with Crippen molar-refractivity contribution in [1.29, 1.82) is 0 Å². The number of nitro benzene ring substituents is 1. The van der Waals surface area contributed by atoms with Crippen molar-refractivity contribution in [3.05, 3.63) is 33.9 Å². The van der Waals surface area contributed by atoms with Crippen LogP contribution in [0.4, 0.5) is 5.69 Å². The van der Waals surface area contributed by atoms with Crippen LogP contribution in [0, 0.1) is 10.1 Å². The average molecular weight is 268 g/mol. The van der Waals surface area contributed by atoms with Crippen molar-refractivity contribution >= 4 is 15.8 Å². The molecule has 1 aromatic carbocycles. The van der Waals surface area contributed by atoms with Crippen LogP contribution in [0.1, 0.15) is 5.56 Å². The van der Waals surface area contributed by atoms with Crippen molar-refractivity contribution in [3.8, 4) is 0 Å². The van der Waals surface area contributed by atoms with Gasteiger partial charge < -0.3 is 10.3 Å². The zero-order valence-electron chi connectivity index (χ0n) is 9.12. The summed E-state index contributed by atoms with van der Waals surface area (Å²) in [4.78, 5) is 9.30. The van der Waals surface area contributed by atoms with E-state index in [0.717, 1.165) is 12.1 Å². The molecule has 0 unspecified atom stereocenters. The first kappa shape index (κ1) is 16.5. The summed E-state index contributed by atoms with van der Waals surface area (Å²) in [6, 6.07) is 3.03. The van der Waals surface area contributed by atoms with E-state index in [2.05, 4.69) is 0 Å². The van der Waals surface area contributed by atoms with Crippen LogP contribution in [0.3, 0.4) is 0 Å². The van der Waals surface area contributed by atoms with Crippen molar-refractivity contribution in [2.75, 3.05) is 6.54 Å². The van der Waals surface area contributed by atoms with E-state index in [0.29, 0.717) is 5.56 Å². The van der Waals surface area contributed by atoms with E-state index >= 15 is 0 Å². The third-order valence-corrected chi connectivity index (χ3v) is 2.79. The van der Waals surface area contributed by atoms with Gasteiger partial charge in [0, 0.05) is 11.6 Å². The number of hydrogen-bond acceptors (Lipinski definition) is 6. The van der Waals surface area contributed by atoms with E-state index in [1.807, 2.05) is 0 Å². The quantitative estimate of drug-likeness (QED) is 0.268. The number of nitrogens with zero attached hydrogens (tertiary/aromatic N) is 1. The van der Waals surface area contributed by atoms with Crippen LogP contribution in [-0.4, -0.2) is 24.4 Å². The molecule has 0 aliphatic rings. The second-order valence-corrected chi connectivity index (χ2v) is 4.42. The van der Waals surface area contributed by atoms with Gasteiger partial charge in [0.05, 0.1) is 9.82 Å². The monoisotopic (exact) mass is 268 g/mol. The molecule has 0 radical (unpaired) electrons. The molecule has 0 bridgehead atoms. The zero-order chi connectivity index (χ0) is 12.3. The van der Waals surface area contributed by atoms with E-state index in [4.69, 9.17) is 5.73 Å². The molecule has 0 fully saturated rings. The number of benzene rings is 1. The molecule has 0 aliphatic carbocycles. The second kappa shape index (κ2) is 6.43. The van der Waals surface area contributed by atoms with Gasteiger partial charge in [0.2, 0.25) is 0 Å². The van der Waals surface area contributed by atoms with Crippen molar-refractivity contribution < 1.29 is 47.5 Å². The fourth-order valence-electron chi connectivity index (χ4n) is 1.24. The molecule has 0 heterocycles. The summed E-state index contributed by atoms with van der Waals surface area (Å²) < 4.78 is 32.0. The predicted octanol–water partition coefficient (Wildman–Crippen LogP) is -3.00. The first-order valence-corrected chi connectivity index (χ1v) is 5.70. The molecule has 0 atom stereocenters. The van der Waals surface area contributed by atoms with E-state index in [-0.39, 0.29) is 42.5 Å². The molecule has 0 saturated carbocycles. The Morgan fingerprint density at radius 2 is 1.94 bits per heavy atom. The Morgan fingerprint density at radius 1 is 1.35 bits per heavy atom. The molecule has 17 heavy (non-hydrogen) atoms. The third kappa shape index (κ3) is 4.34. The molecule has 1 rings (SSSR count). The summed E-state index contributed by atoms with van der Waals surface area (Å²) in [5.41, 5.74) is 5.16. The van der Waals surface area contributed by atoms with Gasteiger partial charge in [-0.05, 0) is 19.0 Å². The van der Waals surface area contributed by atoms with Gasteiger partial charge >= 0.3 is 29.6 Å². The Balaban J connectivity index is 0.00000256. The molecular formula is C8H9N2NaO5S. The SMILES string of the molecule is NCCc1ccc(S(=O)(=O)[O-])cc1[N+](=O)[O-].[Na+]. The van der Waals surface area contributed by atoms with Gasteiger partial charge in [-0.1, -0.05) is 6.07 Å². The van der Waals surface area contributed by atoms with Gasteiger partial charge in [0.25, 0.3) is 5.69 Å². The number of nitro groups is 1. The maximum Gasteiger partial charge on any atom is 1.00 e. The molecule has 0 aromatic heterocycles. The Morgan fingerprint density at radius 3 is 2.35 bits per heavy atom. The maximum absolute atomic E-state index is 10.7. The van der Waals surface area contributed by atoms with Crippen LogP contribution >= 0.6 is 0 Å². The second-order valence-electron chi connectivity index (χ2n) is 3.04. The van der Waals surface area contributed by atoms with Crippen LogP contribution in [0.5, 0.6) is 0 Å². The predicted molar refractivity (Wildman–Crippen MR) is 53.8 cm³/mol. The summed E-state index contributed by atoms with van der Waals surface area (Å²) in [5.74, 6) is 0. The van der Waals surface area contributed by atoms with Crippen LogP contribution in [-0.2, 0) is 16.5 Å². The largest absolute Gasteiger partial charge is 1.00 e. The van der Waals surface area contributed by atoms with Crippen LogP contribution in [0.2, 0.25) is 0 Å². The molecule has 1 aromatic rings. The Hall–Kier alpha value is -0.510. The third-order valence-electron chi connectivity index (χ3n) is 1.96.